The lowest BCUT2D eigenvalue weighted by Crippen LogP contribution is -2.18. The van der Waals surface area contributed by atoms with Gasteiger partial charge in [0.25, 0.3) is 5.91 Å². The number of nitrogens with one attached hydrogen (secondary N) is 2. The number of anilines is 1. The average Bonchev–Trinajstić information content (AvgIpc) is 3.03. The lowest BCUT2D eigenvalue weighted by Gasteiger charge is -2.12. The monoisotopic (exact) mass is 363 g/mol. The van der Waals surface area contributed by atoms with Crippen LogP contribution in [0, 0.1) is 0 Å². The molecule has 0 radical (unpaired) electrons. The Morgan fingerprint density at radius 2 is 1.92 bits per heavy atom. The van der Waals surface area contributed by atoms with Gasteiger partial charge in [-0.1, -0.05) is 12.1 Å². The van der Waals surface area contributed by atoms with Crippen molar-refractivity contribution in [1.29, 1.82) is 0 Å². The van der Waals surface area contributed by atoms with E-state index in [0.29, 0.717) is 11.0 Å². The molecule has 0 fully saturated rings. The van der Waals surface area contributed by atoms with Crippen LogP contribution in [0.5, 0.6) is 0 Å². The largest absolute Gasteiger partial charge is 0.464 e. The fourth-order valence-electron chi connectivity index (χ4n) is 2.43. The van der Waals surface area contributed by atoms with Gasteiger partial charge in [0.15, 0.2) is 0 Å². The van der Waals surface area contributed by atoms with Gasteiger partial charge in [-0.2, -0.15) is 13.2 Å². The zero-order chi connectivity index (χ0) is 18.9. The standard InChI is InChI=1S/C17H12F3N3O3/c1-26-16(25)13-7-9-6-10(8-21-14(9)23-13)22-15(24)11-4-2-3-5-12(11)17(18,19)20/h2-8H,1H3,(H,21,23)(H,22,24). The number of methoxy groups -OCH3 is 1. The molecule has 0 saturated carbocycles. The number of benzene rings is 1. The normalized spacial score (nSPS) is 11.4. The van der Waals surface area contributed by atoms with Crippen molar-refractivity contribution < 1.29 is 27.5 Å². The molecule has 2 heterocycles. The van der Waals surface area contributed by atoms with Crippen molar-refractivity contribution in [2.45, 2.75) is 6.18 Å². The second-order valence-electron chi connectivity index (χ2n) is 5.33. The molecule has 0 spiro atoms. The summed E-state index contributed by atoms with van der Waals surface area (Å²) in [7, 11) is 1.23. The number of hydrogen-bond acceptors (Lipinski definition) is 4. The summed E-state index contributed by atoms with van der Waals surface area (Å²) in [5.74, 6) is -1.50. The van der Waals surface area contributed by atoms with Gasteiger partial charge in [-0.05, 0) is 24.3 Å². The van der Waals surface area contributed by atoms with Crippen LogP contribution in [0.3, 0.4) is 0 Å². The summed E-state index contributed by atoms with van der Waals surface area (Å²) >= 11 is 0. The number of alkyl halides is 3. The molecule has 9 heteroatoms. The summed E-state index contributed by atoms with van der Waals surface area (Å²) in [4.78, 5) is 30.5. The summed E-state index contributed by atoms with van der Waals surface area (Å²) in [6.45, 7) is 0. The predicted octanol–water partition coefficient (Wildman–Crippen LogP) is 3.62. The van der Waals surface area contributed by atoms with Crippen LogP contribution in [0.2, 0.25) is 0 Å². The van der Waals surface area contributed by atoms with Crippen LogP contribution in [-0.2, 0) is 10.9 Å². The Balaban J connectivity index is 1.90. The van der Waals surface area contributed by atoms with Crippen LogP contribution >= 0.6 is 0 Å². The topological polar surface area (TPSA) is 84.1 Å². The maximum atomic E-state index is 13.0. The highest BCUT2D eigenvalue weighted by atomic mass is 19.4. The SMILES string of the molecule is COC(=O)c1cc2cc(NC(=O)c3ccccc3C(F)(F)F)cnc2[nH]1. The second kappa shape index (κ2) is 6.51. The summed E-state index contributed by atoms with van der Waals surface area (Å²) in [5.41, 5.74) is -0.791. The quantitative estimate of drug-likeness (QED) is 0.696. The van der Waals surface area contributed by atoms with E-state index in [1.54, 1.807) is 0 Å². The van der Waals surface area contributed by atoms with Crippen LogP contribution in [-0.4, -0.2) is 29.0 Å². The molecule has 134 valence electrons. The summed E-state index contributed by atoms with van der Waals surface area (Å²) in [6, 6.07) is 7.44. The molecule has 1 aromatic carbocycles. The number of fused-ring (bicyclic) bond motifs is 1. The van der Waals surface area contributed by atoms with Crippen molar-refractivity contribution >= 4 is 28.6 Å². The van der Waals surface area contributed by atoms with Crippen molar-refractivity contribution in [3.63, 3.8) is 0 Å². The third-order valence-corrected chi connectivity index (χ3v) is 3.61. The van der Waals surface area contributed by atoms with Crippen molar-refractivity contribution in [1.82, 2.24) is 9.97 Å². The summed E-state index contributed by atoms with van der Waals surface area (Å²) < 4.78 is 43.7. The van der Waals surface area contributed by atoms with Gasteiger partial charge in [-0.25, -0.2) is 9.78 Å². The molecule has 0 aliphatic carbocycles. The second-order valence-corrected chi connectivity index (χ2v) is 5.33. The van der Waals surface area contributed by atoms with Crippen molar-refractivity contribution in [3.05, 3.63) is 59.4 Å². The molecule has 3 aromatic rings. The van der Waals surface area contributed by atoms with Gasteiger partial charge in [0.1, 0.15) is 11.3 Å². The molecule has 0 aliphatic rings. The van der Waals surface area contributed by atoms with Gasteiger partial charge in [0.2, 0.25) is 0 Å². The molecular weight excluding hydrogens is 351 g/mol. The highest BCUT2D eigenvalue weighted by molar-refractivity contribution is 6.06. The molecule has 0 saturated heterocycles. The number of amides is 1. The van der Waals surface area contributed by atoms with E-state index in [-0.39, 0.29) is 11.4 Å². The fraction of sp³-hybridized carbons (Fsp3) is 0.118. The molecule has 3 rings (SSSR count). The third-order valence-electron chi connectivity index (χ3n) is 3.61. The minimum Gasteiger partial charge on any atom is -0.464 e. The number of halogens is 3. The van der Waals surface area contributed by atoms with Gasteiger partial charge in [0.05, 0.1) is 30.1 Å². The lowest BCUT2D eigenvalue weighted by molar-refractivity contribution is -0.137. The highest BCUT2D eigenvalue weighted by Gasteiger charge is 2.34. The van der Waals surface area contributed by atoms with Crippen LogP contribution in [0.1, 0.15) is 26.4 Å². The molecule has 0 unspecified atom stereocenters. The van der Waals surface area contributed by atoms with E-state index in [1.165, 1.54) is 37.6 Å². The molecule has 2 N–H and O–H groups in total. The van der Waals surface area contributed by atoms with Crippen LogP contribution < -0.4 is 5.32 Å². The number of hydrogen-bond donors (Lipinski definition) is 2. The zero-order valence-electron chi connectivity index (χ0n) is 13.3. The van der Waals surface area contributed by atoms with Crippen LogP contribution in [0.15, 0.2) is 42.6 Å². The first-order valence-electron chi connectivity index (χ1n) is 7.34. The summed E-state index contributed by atoms with van der Waals surface area (Å²) in [6.07, 6.45) is -3.37. The Labute approximate surface area is 145 Å². The maximum absolute atomic E-state index is 13.0. The molecule has 0 atom stereocenters. The number of rotatable bonds is 3. The Morgan fingerprint density at radius 3 is 2.62 bits per heavy atom. The number of esters is 1. The minimum absolute atomic E-state index is 0.167. The maximum Gasteiger partial charge on any atom is 0.417 e. The van der Waals surface area contributed by atoms with E-state index in [4.69, 9.17) is 0 Å². The molecule has 1 amide bonds. The first kappa shape index (κ1) is 17.5. The Bertz CT molecular complexity index is 996. The smallest absolute Gasteiger partial charge is 0.417 e. The first-order valence-corrected chi connectivity index (χ1v) is 7.34. The lowest BCUT2D eigenvalue weighted by atomic mass is 10.1. The summed E-state index contributed by atoms with van der Waals surface area (Å²) in [5, 5.41) is 2.88. The molecule has 0 bridgehead atoms. The number of nitrogens with zero attached hydrogens (tertiary/aromatic N) is 1. The van der Waals surface area contributed by atoms with E-state index in [2.05, 4.69) is 20.0 Å². The van der Waals surface area contributed by atoms with E-state index < -0.39 is 29.2 Å². The number of carbonyl (C=O) groups excluding carboxylic acids is 2. The van der Waals surface area contributed by atoms with Gasteiger partial charge >= 0.3 is 12.1 Å². The average molecular weight is 363 g/mol. The number of aromatic nitrogens is 2. The van der Waals surface area contributed by atoms with Crippen molar-refractivity contribution in [2.75, 3.05) is 12.4 Å². The number of ether oxygens (including phenoxy) is 1. The number of carbonyl (C=O) groups is 2. The van der Waals surface area contributed by atoms with Gasteiger partial charge in [0, 0.05) is 5.39 Å². The number of aromatic amines is 1. The van der Waals surface area contributed by atoms with E-state index in [0.717, 1.165) is 12.1 Å². The highest BCUT2D eigenvalue weighted by Crippen LogP contribution is 2.32. The fourth-order valence-corrected chi connectivity index (χ4v) is 2.43. The van der Waals surface area contributed by atoms with Crippen LogP contribution in [0.4, 0.5) is 18.9 Å². The van der Waals surface area contributed by atoms with E-state index in [1.807, 2.05) is 0 Å². The first-order chi connectivity index (χ1) is 12.3. The third kappa shape index (κ3) is 3.37. The molecule has 0 aliphatic heterocycles. The van der Waals surface area contributed by atoms with E-state index >= 15 is 0 Å². The number of pyridine rings is 1. The van der Waals surface area contributed by atoms with Crippen molar-refractivity contribution in [2.24, 2.45) is 0 Å². The zero-order valence-corrected chi connectivity index (χ0v) is 13.3. The van der Waals surface area contributed by atoms with Gasteiger partial charge < -0.3 is 15.0 Å². The Morgan fingerprint density at radius 1 is 1.19 bits per heavy atom. The van der Waals surface area contributed by atoms with Gasteiger partial charge in [-0.15, -0.1) is 0 Å². The van der Waals surface area contributed by atoms with Gasteiger partial charge in [-0.3, -0.25) is 4.79 Å². The molecular formula is C17H12F3N3O3. The molecule has 26 heavy (non-hydrogen) atoms. The Hall–Kier alpha value is -3.36. The number of H-pyrrole nitrogens is 1. The molecule has 6 nitrogen and oxygen atoms in total. The Kier molecular flexibility index (Phi) is 4.37. The van der Waals surface area contributed by atoms with E-state index in [9.17, 15) is 22.8 Å². The van der Waals surface area contributed by atoms with Crippen LogP contribution in [0.25, 0.3) is 11.0 Å². The minimum atomic E-state index is -4.65. The molecule has 2 aromatic heterocycles. The predicted molar refractivity (Wildman–Crippen MR) is 86.8 cm³/mol. The van der Waals surface area contributed by atoms with Crippen molar-refractivity contribution in [3.8, 4) is 0 Å².